The number of methoxy groups -OCH3 is 1. The minimum absolute atomic E-state index is 0.166. The SMILES string of the molecule is COC[C@@]1(C)CN(Cc2ccccc2)CCN1c1nn(C2CC3(C2)CN(C(=O)OC(C)(C)C)C3)c(C)c1C. The predicted molar refractivity (Wildman–Crippen MR) is 150 cm³/mol. The molecule has 1 saturated carbocycles. The number of rotatable bonds is 6. The van der Waals surface area contributed by atoms with Gasteiger partial charge in [0.2, 0.25) is 0 Å². The van der Waals surface area contributed by atoms with Crippen molar-refractivity contribution in [3.63, 3.8) is 0 Å². The second-order valence-corrected chi connectivity index (χ2v) is 13.2. The lowest BCUT2D eigenvalue weighted by Gasteiger charge is -2.58. The minimum atomic E-state index is -0.452. The van der Waals surface area contributed by atoms with Gasteiger partial charge in [-0.25, -0.2) is 4.79 Å². The summed E-state index contributed by atoms with van der Waals surface area (Å²) in [6.07, 6.45) is 1.94. The molecule has 0 bridgehead atoms. The van der Waals surface area contributed by atoms with Crippen molar-refractivity contribution in [3.8, 4) is 0 Å². The highest BCUT2D eigenvalue weighted by molar-refractivity contribution is 5.69. The molecule has 0 unspecified atom stereocenters. The number of likely N-dealkylation sites (tertiary alicyclic amines) is 1. The molecule has 2 aliphatic heterocycles. The second kappa shape index (κ2) is 9.87. The Balaban J connectivity index is 1.25. The van der Waals surface area contributed by atoms with Gasteiger partial charge in [-0.2, -0.15) is 5.10 Å². The van der Waals surface area contributed by atoms with E-state index in [9.17, 15) is 4.79 Å². The number of carbonyl (C=O) groups is 1. The van der Waals surface area contributed by atoms with E-state index in [1.807, 2.05) is 25.7 Å². The van der Waals surface area contributed by atoms with Crippen LogP contribution in [-0.2, 0) is 16.0 Å². The number of piperazine rings is 1. The van der Waals surface area contributed by atoms with E-state index in [0.717, 1.165) is 57.9 Å². The molecule has 1 amide bonds. The molecule has 2 saturated heterocycles. The zero-order valence-electron chi connectivity index (χ0n) is 24.3. The smallest absolute Gasteiger partial charge is 0.410 e. The van der Waals surface area contributed by atoms with Crippen LogP contribution in [0.5, 0.6) is 0 Å². The highest BCUT2D eigenvalue weighted by Crippen LogP contribution is 2.54. The zero-order valence-corrected chi connectivity index (χ0v) is 24.3. The molecule has 0 N–H and O–H groups in total. The van der Waals surface area contributed by atoms with E-state index in [2.05, 4.69) is 65.6 Å². The maximum absolute atomic E-state index is 12.4. The van der Waals surface area contributed by atoms with Gasteiger partial charge in [0.05, 0.1) is 18.2 Å². The van der Waals surface area contributed by atoms with Crippen LogP contribution in [0.3, 0.4) is 0 Å². The standard InChI is InChI=1S/C30H45N5O3/c1-22-23(2)35(25-15-30(16-25)19-33(20-30)27(36)38-28(3,4)5)31-26(22)34-14-13-32(18-29(34,6)21-37-7)17-24-11-9-8-10-12-24/h8-12,25H,13-21H2,1-7H3/t29-/m1/s1. The van der Waals surface area contributed by atoms with Crippen LogP contribution in [0.1, 0.15) is 63.4 Å². The molecule has 208 valence electrons. The van der Waals surface area contributed by atoms with E-state index in [-0.39, 0.29) is 17.0 Å². The highest BCUT2D eigenvalue weighted by atomic mass is 16.6. The molecule has 8 nitrogen and oxygen atoms in total. The van der Waals surface area contributed by atoms with Crippen LogP contribution in [0.25, 0.3) is 0 Å². The first-order valence-corrected chi connectivity index (χ1v) is 14.0. The van der Waals surface area contributed by atoms with Gasteiger partial charge in [-0.15, -0.1) is 0 Å². The number of ether oxygens (including phenoxy) is 2. The maximum Gasteiger partial charge on any atom is 0.410 e. The van der Waals surface area contributed by atoms with Crippen LogP contribution in [0.15, 0.2) is 30.3 Å². The summed E-state index contributed by atoms with van der Waals surface area (Å²) in [6.45, 7) is 18.5. The largest absolute Gasteiger partial charge is 0.444 e. The Bertz CT molecular complexity index is 1140. The first kappa shape index (κ1) is 27.0. The van der Waals surface area contributed by atoms with Crippen LogP contribution in [0.2, 0.25) is 0 Å². The quantitative estimate of drug-likeness (QED) is 0.542. The highest BCUT2D eigenvalue weighted by Gasteiger charge is 2.55. The zero-order chi connectivity index (χ0) is 27.3. The van der Waals surface area contributed by atoms with Gasteiger partial charge in [-0.3, -0.25) is 9.58 Å². The second-order valence-electron chi connectivity index (χ2n) is 13.2. The summed E-state index contributed by atoms with van der Waals surface area (Å²) in [5.41, 5.74) is 3.45. The van der Waals surface area contributed by atoms with Gasteiger partial charge in [0, 0.05) is 63.1 Å². The van der Waals surface area contributed by atoms with Crippen LogP contribution in [-0.4, -0.2) is 83.3 Å². The summed E-state index contributed by atoms with van der Waals surface area (Å²) in [5.74, 6) is 1.09. The van der Waals surface area contributed by atoms with E-state index in [4.69, 9.17) is 14.6 Å². The van der Waals surface area contributed by atoms with Crippen molar-refractivity contribution in [2.75, 3.05) is 51.3 Å². The summed E-state index contributed by atoms with van der Waals surface area (Å²) in [7, 11) is 1.79. The fourth-order valence-corrected chi connectivity index (χ4v) is 6.72. The lowest BCUT2D eigenvalue weighted by Crippen LogP contribution is -2.64. The van der Waals surface area contributed by atoms with Crippen molar-refractivity contribution in [3.05, 3.63) is 47.2 Å². The molecule has 1 aliphatic carbocycles. The van der Waals surface area contributed by atoms with Gasteiger partial charge >= 0.3 is 6.09 Å². The minimum Gasteiger partial charge on any atom is -0.444 e. The number of carbonyl (C=O) groups excluding carboxylic acids is 1. The number of nitrogens with zero attached hydrogens (tertiary/aromatic N) is 5. The molecule has 1 spiro atoms. The number of hydrogen-bond donors (Lipinski definition) is 0. The summed E-state index contributed by atoms with van der Waals surface area (Å²) < 4.78 is 13.6. The number of benzene rings is 1. The van der Waals surface area contributed by atoms with E-state index in [0.29, 0.717) is 12.6 Å². The first-order chi connectivity index (χ1) is 17.9. The van der Waals surface area contributed by atoms with Crippen LogP contribution in [0, 0.1) is 19.3 Å². The van der Waals surface area contributed by atoms with Gasteiger partial charge in [0.1, 0.15) is 5.60 Å². The van der Waals surface area contributed by atoms with Crippen molar-refractivity contribution in [2.24, 2.45) is 5.41 Å². The fourth-order valence-electron chi connectivity index (χ4n) is 6.72. The summed E-state index contributed by atoms with van der Waals surface area (Å²) >= 11 is 0. The van der Waals surface area contributed by atoms with Gasteiger partial charge < -0.3 is 19.3 Å². The molecule has 5 rings (SSSR count). The van der Waals surface area contributed by atoms with Gasteiger partial charge in [0.15, 0.2) is 5.82 Å². The van der Waals surface area contributed by atoms with Crippen molar-refractivity contribution in [2.45, 2.75) is 78.1 Å². The van der Waals surface area contributed by atoms with E-state index >= 15 is 0 Å². The molecule has 1 atom stereocenters. The molecule has 38 heavy (non-hydrogen) atoms. The van der Waals surface area contributed by atoms with E-state index in [1.54, 1.807) is 7.11 Å². The third-order valence-corrected chi connectivity index (χ3v) is 8.63. The molecule has 2 aromatic rings. The molecule has 8 heteroatoms. The topological polar surface area (TPSA) is 63.1 Å². The van der Waals surface area contributed by atoms with Gasteiger partial charge in [-0.1, -0.05) is 30.3 Å². The number of amides is 1. The Morgan fingerprint density at radius 3 is 2.39 bits per heavy atom. The molecule has 1 aromatic carbocycles. The van der Waals surface area contributed by atoms with Gasteiger partial charge in [0.25, 0.3) is 0 Å². The Morgan fingerprint density at radius 1 is 1.08 bits per heavy atom. The van der Waals surface area contributed by atoms with Crippen molar-refractivity contribution in [1.29, 1.82) is 0 Å². The molecule has 3 fully saturated rings. The predicted octanol–water partition coefficient (Wildman–Crippen LogP) is 4.80. The summed E-state index contributed by atoms with van der Waals surface area (Å²) in [5, 5.41) is 5.23. The number of aromatic nitrogens is 2. The number of anilines is 1. The Morgan fingerprint density at radius 2 is 1.76 bits per heavy atom. The van der Waals surface area contributed by atoms with Crippen molar-refractivity contribution >= 4 is 11.9 Å². The average Bonchev–Trinajstić information content (AvgIpc) is 3.06. The molecule has 0 radical (unpaired) electrons. The van der Waals surface area contributed by atoms with Gasteiger partial charge in [-0.05, 0) is 59.9 Å². The van der Waals surface area contributed by atoms with Crippen molar-refractivity contribution in [1.82, 2.24) is 19.6 Å². The van der Waals surface area contributed by atoms with Crippen LogP contribution >= 0.6 is 0 Å². The van der Waals surface area contributed by atoms with E-state index in [1.165, 1.54) is 16.8 Å². The van der Waals surface area contributed by atoms with Crippen molar-refractivity contribution < 1.29 is 14.3 Å². The average molecular weight is 524 g/mol. The van der Waals surface area contributed by atoms with Crippen LogP contribution in [0.4, 0.5) is 10.6 Å². The Labute approximate surface area is 227 Å². The molecule has 1 aromatic heterocycles. The molecular formula is C30H45N5O3. The first-order valence-electron chi connectivity index (χ1n) is 14.0. The molecule has 3 aliphatic rings. The van der Waals surface area contributed by atoms with E-state index < -0.39 is 5.60 Å². The maximum atomic E-state index is 12.4. The summed E-state index contributed by atoms with van der Waals surface area (Å²) in [6, 6.07) is 11.1. The fraction of sp³-hybridized carbons (Fsp3) is 0.667. The molecular weight excluding hydrogens is 478 g/mol. The lowest BCUT2D eigenvalue weighted by molar-refractivity contribution is -0.0931. The monoisotopic (exact) mass is 523 g/mol. The summed E-state index contributed by atoms with van der Waals surface area (Å²) in [4.78, 5) is 19.3. The lowest BCUT2D eigenvalue weighted by atomic mass is 9.61. The van der Waals surface area contributed by atoms with Crippen LogP contribution < -0.4 is 4.90 Å². The Kier molecular flexibility index (Phi) is 7.01. The Hall–Kier alpha value is -2.58. The third kappa shape index (κ3) is 5.17. The normalized spacial score (nSPS) is 23.9. The number of hydrogen-bond acceptors (Lipinski definition) is 6. The molecule has 3 heterocycles. The third-order valence-electron chi connectivity index (χ3n) is 8.63.